The maximum absolute atomic E-state index is 10.5. The Morgan fingerprint density at radius 2 is 2.64 bits per heavy atom. The molecule has 1 heterocycles. The van der Waals surface area contributed by atoms with Gasteiger partial charge in [0.1, 0.15) is 0 Å². The molecule has 1 fully saturated rings. The van der Waals surface area contributed by atoms with E-state index in [0.717, 1.165) is 0 Å². The fourth-order valence-electron chi connectivity index (χ4n) is 0.732. The highest BCUT2D eigenvalue weighted by molar-refractivity contribution is 5.62. The second kappa shape index (κ2) is 2.92. The van der Waals surface area contributed by atoms with Gasteiger partial charge in [-0.3, -0.25) is 0 Å². The van der Waals surface area contributed by atoms with Gasteiger partial charge in [0.15, 0.2) is 6.61 Å². The normalized spacial score (nSPS) is 29.4. The van der Waals surface area contributed by atoms with Gasteiger partial charge in [-0.2, -0.15) is 0 Å². The summed E-state index contributed by atoms with van der Waals surface area (Å²) in [5.41, 5.74) is 0. The van der Waals surface area contributed by atoms with Crippen LogP contribution in [0.1, 0.15) is 6.92 Å². The molecule has 0 bridgehead atoms. The maximum Gasteiger partial charge on any atom is 0.511 e. The van der Waals surface area contributed by atoms with Crippen molar-refractivity contribution in [3.05, 3.63) is 12.7 Å². The average Bonchev–Trinajstić information content (AvgIpc) is 2.28. The number of hydrogen-bond donors (Lipinski definition) is 0. The Hall–Kier alpha value is -1.03. The van der Waals surface area contributed by atoms with Gasteiger partial charge in [-0.25, -0.2) is 4.79 Å². The Morgan fingerprint density at radius 3 is 3.09 bits per heavy atom. The Labute approximate surface area is 64.7 Å². The van der Waals surface area contributed by atoms with Gasteiger partial charge in [-0.05, 0) is 0 Å². The largest absolute Gasteiger partial charge is 0.511 e. The van der Waals surface area contributed by atoms with Crippen LogP contribution in [0.2, 0.25) is 0 Å². The molecule has 0 saturated carbocycles. The molecule has 0 aromatic rings. The molecule has 0 amide bonds. The van der Waals surface area contributed by atoms with Crippen LogP contribution in [-0.2, 0) is 14.2 Å². The Kier molecular flexibility index (Phi) is 2.14. The molecule has 0 radical (unpaired) electrons. The summed E-state index contributed by atoms with van der Waals surface area (Å²) in [5.74, 6) is -0.925. The van der Waals surface area contributed by atoms with Crippen LogP contribution < -0.4 is 0 Å². The molecule has 4 heteroatoms. The Morgan fingerprint density at radius 1 is 1.91 bits per heavy atom. The standard InChI is InChI=1S/C7H10O4/c1-3-4-10-7(2)5-9-6(8)11-7/h3H,1,4-5H2,2H3. The number of hydrogen-bond acceptors (Lipinski definition) is 4. The van der Waals surface area contributed by atoms with Gasteiger partial charge in [0.05, 0.1) is 6.61 Å². The second-order valence-corrected chi connectivity index (χ2v) is 2.37. The van der Waals surface area contributed by atoms with Crippen LogP contribution in [0.3, 0.4) is 0 Å². The summed E-state index contributed by atoms with van der Waals surface area (Å²) in [4.78, 5) is 10.5. The molecule has 0 aromatic heterocycles. The molecule has 0 spiro atoms. The minimum atomic E-state index is -0.925. The number of carbonyl (C=O) groups is 1. The van der Waals surface area contributed by atoms with Crippen LogP contribution in [0, 0.1) is 0 Å². The first-order valence-electron chi connectivity index (χ1n) is 3.27. The van der Waals surface area contributed by atoms with Gasteiger partial charge in [0.25, 0.3) is 0 Å². The molecule has 62 valence electrons. The van der Waals surface area contributed by atoms with Crippen molar-refractivity contribution < 1.29 is 19.0 Å². The maximum atomic E-state index is 10.5. The Bertz CT molecular complexity index is 177. The van der Waals surface area contributed by atoms with Crippen molar-refractivity contribution in [2.24, 2.45) is 0 Å². The van der Waals surface area contributed by atoms with Crippen LogP contribution in [0.25, 0.3) is 0 Å². The first-order chi connectivity index (χ1) is 5.16. The summed E-state index contributed by atoms with van der Waals surface area (Å²) in [7, 11) is 0. The summed E-state index contributed by atoms with van der Waals surface area (Å²) in [6, 6.07) is 0. The first kappa shape index (κ1) is 8.07. The highest BCUT2D eigenvalue weighted by Gasteiger charge is 2.38. The molecule has 4 nitrogen and oxygen atoms in total. The minimum absolute atomic E-state index is 0.139. The van der Waals surface area contributed by atoms with Gasteiger partial charge in [0.2, 0.25) is 5.79 Å². The van der Waals surface area contributed by atoms with Crippen molar-refractivity contribution in [2.75, 3.05) is 13.2 Å². The van der Waals surface area contributed by atoms with Crippen LogP contribution in [-0.4, -0.2) is 25.2 Å². The molecule has 1 saturated heterocycles. The van der Waals surface area contributed by atoms with Crippen LogP contribution in [0.15, 0.2) is 12.7 Å². The molecule has 1 aliphatic heterocycles. The summed E-state index contributed by atoms with van der Waals surface area (Å²) in [6.45, 7) is 5.58. The molecule has 0 N–H and O–H groups in total. The van der Waals surface area contributed by atoms with Gasteiger partial charge < -0.3 is 14.2 Å². The van der Waals surface area contributed by atoms with Crippen molar-refractivity contribution in [1.29, 1.82) is 0 Å². The van der Waals surface area contributed by atoms with E-state index in [-0.39, 0.29) is 6.61 Å². The van der Waals surface area contributed by atoms with Crippen LogP contribution in [0.4, 0.5) is 4.79 Å². The predicted octanol–water partition coefficient (Wildman–Crippen LogP) is 1.07. The van der Waals surface area contributed by atoms with E-state index in [4.69, 9.17) is 9.47 Å². The highest BCUT2D eigenvalue weighted by atomic mass is 16.8. The fourth-order valence-corrected chi connectivity index (χ4v) is 0.732. The average molecular weight is 158 g/mol. The number of rotatable bonds is 3. The van der Waals surface area contributed by atoms with E-state index in [1.54, 1.807) is 13.0 Å². The van der Waals surface area contributed by atoms with Crippen molar-refractivity contribution in [3.8, 4) is 0 Å². The fraction of sp³-hybridized carbons (Fsp3) is 0.571. The third-order valence-corrected chi connectivity index (χ3v) is 1.26. The SMILES string of the molecule is C=CCOC1(C)COC(=O)O1. The van der Waals surface area contributed by atoms with Gasteiger partial charge >= 0.3 is 6.16 Å². The summed E-state index contributed by atoms with van der Waals surface area (Å²) >= 11 is 0. The van der Waals surface area contributed by atoms with Crippen LogP contribution >= 0.6 is 0 Å². The zero-order valence-electron chi connectivity index (χ0n) is 6.33. The van der Waals surface area contributed by atoms with Crippen molar-refractivity contribution in [2.45, 2.75) is 12.7 Å². The lowest BCUT2D eigenvalue weighted by atomic mass is 10.3. The lowest BCUT2D eigenvalue weighted by Crippen LogP contribution is -2.31. The van der Waals surface area contributed by atoms with E-state index >= 15 is 0 Å². The molecule has 1 rings (SSSR count). The smallest absolute Gasteiger partial charge is 0.427 e. The van der Waals surface area contributed by atoms with Gasteiger partial charge in [0, 0.05) is 6.92 Å². The lowest BCUT2D eigenvalue weighted by molar-refractivity contribution is -0.157. The number of cyclic esters (lactones) is 2. The zero-order valence-corrected chi connectivity index (χ0v) is 6.33. The van der Waals surface area contributed by atoms with Crippen molar-refractivity contribution >= 4 is 6.16 Å². The number of ether oxygens (including phenoxy) is 3. The molecule has 1 atom stereocenters. The van der Waals surface area contributed by atoms with Gasteiger partial charge in [-0.15, -0.1) is 6.58 Å². The van der Waals surface area contributed by atoms with E-state index in [1.165, 1.54) is 0 Å². The molecular weight excluding hydrogens is 148 g/mol. The van der Waals surface area contributed by atoms with E-state index < -0.39 is 11.9 Å². The Balaban J connectivity index is 2.41. The monoisotopic (exact) mass is 158 g/mol. The third-order valence-electron chi connectivity index (χ3n) is 1.26. The van der Waals surface area contributed by atoms with E-state index in [0.29, 0.717) is 6.61 Å². The van der Waals surface area contributed by atoms with E-state index in [9.17, 15) is 4.79 Å². The van der Waals surface area contributed by atoms with Crippen molar-refractivity contribution in [3.63, 3.8) is 0 Å². The molecule has 0 aliphatic carbocycles. The predicted molar refractivity (Wildman–Crippen MR) is 37.0 cm³/mol. The molecule has 1 aliphatic rings. The van der Waals surface area contributed by atoms with E-state index in [1.807, 2.05) is 0 Å². The molecular formula is C7H10O4. The quantitative estimate of drug-likeness (QED) is 0.455. The van der Waals surface area contributed by atoms with Crippen molar-refractivity contribution in [1.82, 2.24) is 0 Å². The first-order valence-corrected chi connectivity index (χ1v) is 3.27. The molecule has 0 aromatic carbocycles. The van der Waals surface area contributed by atoms with Gasteiger partial charge in [-0.1, -0.05) is 6.08 Å². The summed E-state index contributed by atoms with van der Waals surface area (Å²) < 4.78 is 14.4. The van der Waals surface area contributed by atoms with E-state index in [2.05, 4.69) is 11.3 Å². The second-order valence-electron chi connectivity index (χ2n) is 2.37. The third kappa shape index (κ3) is 1.94. The minimum Gasteiger partial charge on any atom is -0.427 e. The highest BCUT2D eigenvalue weighted by Crippen LogP contribution is 2.20. The molecule has 1 unspecified atom stereocenters. The zero-order chi connectivity index (χ0) is 8.32. The summed E-state index contributed by atoms with van der Waals surface area (Å²) in [5, 5.41) is 0. The number of carbonyl (C=O) groups excluding carboxylic acids is 1. The lowest BCUT2D eigenvalue weighted by Gasteiger charge is -2.18. The summed E-state index contributed by atoms with van der Waals surface area (Å²) in [6.07, 6.45) is 0.897. The molecule has 11 heavy (non-hydrogen) atoms. The topological polar surface area (TPSA) is 44.8 Å². The van der Waals surface area contributed by atoms with Crippen LogP contribution in [0.5, 0.6) is 0 Å².